The Hall–Kier alpha value is -2.86. The van der Waals surface area contributed by atoms with E-state index in [2.05, 4.69) is 98.1 Å². The highest BCUT2D eigenvalue weighted by Crippen LogP contribution is 2.62. The van der Waals surface area contributed by atoms with Gasteiger partial charge in [0.2, 0.25) is 0 Å². The molecule has 24 heavy (non-hydrogen) atoms. The van der Waals surface area contributed by atoms with Crippen LogP contribution in [-0.2, 0) is 10.8 Å². The minimum Gasteiger partial charge on any atom is -0.102 e. The third-order valence-electron chi connectivity index (χ3n) is 5.94. The van der Waals surface area contributed by atoms with E-state index in [-0.39, 0.29) is 10.8 Å². The summed E-state index contributed by atoms with van der Waals surface area (Å²) in [6.45, 7) is 8.54. The van der Waals surface area contributed by atoms with E-state index < -0.39 is 0 Å². The van der Waals surface area contributed by atoms with Gasteiger partial charge in [-0.15, -0.1) is 13.2 Å². The Morgan fingerprint density at radius 2 is 0.667 bits per heavy atom. The normalized spacial score (nSPS) is 25.3. The van der Waals surface area contributed by atoms with E-state index in [1.807, 2.05) is 0 Å². The molecule has 0 saturated heterocycles. The van der Waals surface area contributed by atoms with Crippen molar-refractivity contribution in [1.29, 1.82) is 0 Å². The highest BCUT2D eigenvalue weighted by atomic mass is 14.6. The summed E-state index contributed by atoms with van der Waals surface area (Å²) < 4.78 is 0. The largest absolute Gasteiger partial charge is 0.102 e. The molecule has 0 amide bonds. The molecule has 0 nitrogen and oxygen atoms in total. The molecule has 2 bridgehead atoms. The number of benzene rings is 3. The van der Waals surface area contributed by atoms with Crippen LogP contribution in [0.4, 0.5) is 0 Å². The molecule has 0 saturated carbocycles. The maximum Gasteiger partial charge on any atom is 0.0639 e. The summed E-state index contributed by atoms with van der Waals surface area (Å²) in [4.78, 5) is 0. The topological polar surface area (TPSA) is 0 Å². The first-order chi connectivity index (χ1) is 11.8. The molecule has 0 spiro atoms. The van der Waals surface area contributed by atoms with Crippen LogP contribution in [0.2, 0.25) is 0 Å². The summed E-state index contributed by atoms with van der Waals surface area (Å²) in [5, 5.41) is 0. The van der Waals surface area contributed by atoms with Gasteiger partial charge in [0.25, 0.3) is 0 Å². The Kier molecular flexibility index (Phi) is 2.46. The molecule has 0 heteroatoms. The van der Waals surface area contributed by atoms with E-state index in [0.29, 0.717) is 0 Å². The molecule has 3 aromatic carbocycles. The molecular weight excluding hydrogens is 288 g/mol. The van der Waals surface area contributed by atoms with E-state index >= 15 is 0 Å². The predicted molar refractivity (Wildman–Crippen MR) is 99.5 cm³/mol. The van der Waals surface area contributed by atoms with Gasteiger partial charge in [-0.2, -0.15) is 0 Å². The lowest BCUT2D eigenvalue weighted by Gasteiger charge is -2.54. The van der Waals surface area contributed by atoms with Crippen LogP contribution in [0.1, 0.15) is 33.4 Å². The monoisotopic (exact) mass is 306 g/mol. The number of allylic oxidation sites excluding steroid dienone is 2. The molecule has 0 fully saturated rings. The summed E-state index contributed by atoms with van der Waals surface area (Å²) in [6, 6.07) is 26.3. The Balaban J connectivity index is 2.10. The third kappa shape index (κ3) is 1.21. The van der Waals surface area contributed by atoms with Crippen molar-refractivity contribution in [1.82, 2.24) is 0 Å². The Morgan fingerprint density at radius 3 is 0.833 bits per heavy atom. The molecule has 114 valence electrons. The number of hydrogen-bond acceptors (Lipinski definition) is 0. The van der Waals surface area contributed by atoms with E-state index in [9.17, 15) is 0 Å². The number of hydrogen-bond donors (Lipinski definition) is 0. The summed E-state index contributed by atoms with van der Waals surface area (Å²) in [6.07, 6.45) is 4.24. The fraction of sp³-hybridized carbons (Fsp3) is 0.0833. The van der Waals surface area contributed by atoms with E-state index in [1.165, 1.54) is 33.4 Å². The fourth-order valence-corrected chi connectivity index (χ4v) is 5.04. The first-order valence-corrected chi connectivity index (χ1v) is 8.38. The van der Waals surface area contributed by atoms with Gasteiger partial charge in [0.05, 0.1) is 10.8 Å². The average molecular weight is 306 g/mol. The molecule has 3 aromatic rings. The molecule has 6 rings (SSSR count). The van der Waals surface area contributed by atoms with Crippen molar-refractivity contribution in [2.45, 2.75) is 10.8 Å². The van der Waals surface area contributed by atoms with Crippen molar-refractivity contribution in [3.63, 3.8) is 0 Å². The summed E-state index contributed by atoms with van der Waals surface area (Å²) >= 11 is 0. The van der Waals surface area contributed by atoms with E-state index in [4.69, 9.17) is 0 Å². The highest BCUT2D eigenvalue weighted by molar-refractivity contribution is 5.78. The van der Waals surface area contributed by atoms with Gasteiger partial charge in [-0.1, -0.05) is 84.9 Å². The van der Waals surface area contributed by atoms with Crippen LogP contribution in [0.5, 0.6) is 0 Å². The lowest BCUT2D eigenvalue weighted by Crippen LogP contribution is -2.48. The molecule has 0 aromatic heterocycles. The lowest BCUT2D eigenvalue weighted by molar-refractivity contribution is 0.582. The van der Waals surface area contributed by atoms with Crippen LogP contribution in [0.25, 0.3) is 0 Å². The van der Waals surface area contributed by atoms with Gasteiger partial charge in [-0.3, -0.25) is 0 Å². The van der Waals surface area contributed by atoms with Crippen LogP contribution < -0.4 is 0 Å². The SMILES string of the molecule is C=CC12c3ccccc3C(C=C)(c3ccccc31)c1ccccc12. The molecule has 0 heterocycles. The average Bonchev–Trinajstić information content (AvgIpc) is 2.67. The van der Waals surface area contributed by atoms with Gasteiger partial charge in [-0.05, 0) is 33.4 Å². The van der Waals surface area contributed by atoms with Crippen molar-refractivity contribution in [3.05, 3.63) is 131 Å². The Morgan fingerprint density at radius 1 is 0.458 bits per heavy atom. The highest BCUT2D eigenvalue weighted by Gasteiger charge is 2.55. The van der Waals surface area contributed by atoms with Crippen LogP contribution in [0.15, 0.2) is 98.1 Å². The zero-order chi connectivity index (χ0) is 16.4. The van der Waals surface area contributed by atoms with Gasteiger partial charge in [0.15, 0.2) is 0 Å². The van der Waals surface area contributed by atoms with Crippen LogP contribution >= 0.6 is 0 Å². The van der Waals surface area contributed by atoms with Crippen molar-refractivity contribution < 1.29 is 0 Å². The van der Waals surface area contributed by atoms with Crippen molar-refractivity contribution in [3.8, 4) is 0 Å². The van der Waals surface area contributed by atoms with Crippen LogP contribution in [0, 0.1) is 0 Å². The Bertz CT molecular complexity index is 806. The van der Waals surface area contributed by atoms with E-state index in [0.717, 1.165) is 0 Å². The first-order valence-electron chi connectivity index (χ1n) is 8.38. The quantitative estimate of drug-likeness (QED) is 0.560. The second-order valence-electron chi connectivity index (χ2n) is 6.66. The maximum atomic E-state index is 4.27. The van der Waals surface area contributed by atoms with Gasteiger partial charge in [-0.25, -0.2) is 0 Å². The molecule has 3 aliphatic carbocycles. The lowest BCUT2D eigenvalue weighted by atomic mass is 9.47. The van der Waals surface area contributed by atoms with Crippen molar-refractivity contribution >= 4 is 0 Å². The predicted octanol–water partition coefficient (Wildman–Crippen LogP) is 5.35. The molecular formula is C24H18. The van der Waals surface area contributed by atoms with Gasteiger partial charge >= 0.3 is 0 Å². The molecule has 0 atom stereocenters. The summed E-state index contributed by atoms with van der Waals surface area (Å²) in [7, 11) is 0. The first kappa shape index (κ1) is 13.6. The second-order valence-corrected chi connectivity index (χ2v) is 6.66. The number of rotatable bonds is 2. The Labute approximate surface area is 142 Å². The molecule has 0 unspecified atom stereocenters. The minimum absolute atomic E-state index is 0.283. The summed E-state index contributed by atoms with van der Waals surface area (Å²) in [5.74, 6) is 0. The zero-order valence-electron chi connectivity index (χ0n) is 13.5. The molecule has 3 aliphatic rings. The van der Waals surface area contributed by atoms with Gasteiger partial charge in [0, 0.05) is 0 Å². The van der Waals surface area contributed by atoms with Crippen LogP contribution in [-0.4, -0.2) is 0 Å². The van der Waals surface area contributed by atoms with E-state index in [1.54, 1.807) is 0 Å². The fourth-order valence-electron chi connectivity index (χ4n) is 5.04. The molecule has 0 aliphatic heterocycles. The second kappa shape index (κ2) is 4.36. The van der Waals surface area contributed by atoms with Gasteiger partial charge in [0.1, 0.15) is 0 Å². The van der Waals surface area contributed by atoms with Crippen molar-refractivity contribution in [2.24, 2.45) is 0 Å². The third-order valence-corrected chi connectivity index (χ3v) is 5.94. The zero-order valence-corrected chi connectivity index (χ0v) is 13.5. The van der Waals surface area contributed by atoms with Gasteiger partial charge < -0.3 is 0 Å². The minimum atomic E-state index is -0.283. The summed E-state index contributed by atoms with van der Waals surface area (Å²) in [5.41, 5.74) is 7.42. The molecule has 0 radical (unpaired) electrons. The maximum absolute atomic E-state index is 4.27. The standard InChI is InChI=1S/C24H18/c1-3-23-17-11-5-8-14-20(17)24(4-2,21-15-9-6-12-18(21)23)22-16-10-7-13-19(22)23/h3-16H,1-2H2. The molecule has 0 N–H and O–H groups in total. The smallest absolute Gasteiger partial charge is 0.0639 e. The van der Waals surface area contributed by atoms with Crippen LogP contribution in [0.3, 0.4) is 0 Å². The van der Waals surface area contributed by atoms with Crippen molar-refractivity contribution in [2.75, 3.05) is 0 Å².